The summed E-state index contributed by atoms with van der Waals surface area (Å²) in [6.45, 7) is 1.39. The standard InChI is InChI=1S/C3H6N2O.Zn/c4-3-5-1-2-6-3;/h1-2H2,(H2,4,5);. The predicted molar refractivity (Wildman–Crippen MR) is 22.4 cm³/mol. The summed E-state index contributed by atoms with van der Waals surface area (Å²) in [5, 5.41) is 0. The van der Waals surface area contributed by atoms with Crippen LogP contribution >= 0.6 is 0 Å². The Morgan fingerprint density at radius 1 is 1.71 bits per heavy atom. The molecule has 2 N–H and O–H groups in total. The summed E-state index contributed by atoms with van der Waals surface area (Å²) in [5.41, 5.74) is 5.06. The van der Waals surface area contributed by atoms with E-state index in [4.69, 9.17) is 5.73 Å². The minimum absolute atomic E-state index is 0. The van der Waals surface area contributed by atoms with Gasteiger partial charge in [-0.15, -0.1) is 0 Å². The molecule has 0 aromatic rings. The number of nitrogens with two attached hydrogens (primary N) is 1. The minimum atomic E-state index is 0. The van der Waals surface area contributed by atoms with Gasteiger partial charge in [-0.2, -0.15) is 0 Å². The van der Waals surface area contributed by atoms with Crippen LogP contribution in [-0.2, 0) is 24.2 Å². The fraction of sp³-hybridized carbons (Fsp3) is 0.667. The maximum absolute atomic E-state index is 5.06. The molecular weight excluding hydrogens is 145 g/mol. The second-order valence-corrected chi connectivity index (χ2v) is 1.07. The van der Waals surface area contributed by atoms with Crippen molar-refractivity contribution in [2.24, 2.45) is 10.7 Å². The summed E-state index contributed by atoms with van der Waals surface area (Å²) < 4.78 is 4.68. The molecule has 36 valence electrons. The van der Waals surface area contributed by atoms with Crippen molar-refractivity contribution in [2.75, 3.05) is 13.2 Å². The molecule has 1 heterocycles. The Morgan fingerprint density at radius 3 is 2.57 bits per heavy atom. The molecule has 0 atom stereocenters. The Hall–Kier alpha value is -0.107. The maximum atomic E-state index is 5.06. The van der Waals surface area contributed by atoms with E-state index in [0.29, 0.717) is 12.6 Å². The van der Waals surface area contributed by atoms with Gasteiger partial charge in [0.15, 0.2) is 0 Å². The van der Waals surface area contributed by atoms with Crippen molar-refractivity contribution in [1.29, 1.82) is 0 Å². The number of hydrogen-bond acceptors (Lipinski definition) is 3. The Morgan fingerprint density at radius 2 is 2.43 bits per heavy atom. The van der Waals surface area contributed by atoms with Gasteiger partial charge in [0, 0.05) is 19.5 Å². The zero-order valence-electron chi connectivity index (χ0n) is 4.05. The minimum Gasteiger partial charge on any atom is -0.463 e. The Labute approximate surface area is 54.7 Å². The van der Waals surface area contributed by atoms with Crippen molar-refractivity contribution in [3.63, 3.8) is 0 Å². The number of hydrogen-bond donors (Lipinski definition) is 1. The van der Waals surface area contributed by atoms with E-state index in [1.54, 1.807) is 0 Å². The van der Waals surface area contributed by atoms with Gasteiger partial charge in [0.05, 0.1) is 6.54 Å². The summed E-state index contributed by atoms with van der Waals surface area (Å²) in [6.07, 6.45) is 0. The topological polar surface area (TPSA) is 47.6 Å². The maximum Gasteiger partial charge on any atom is 0.282 e. The molecule has 0 saturated heterocycles. The molecule has 0 unspecified atom stereocenters. The first kappa shape index (κ1) is 6.89. The molecule has 0 radical (unpaired) electrons. The molecule has 0 aromatic carbocycles. The molecule has 1 aliphatic rings. The first-order valence-electron chi connectivity index (χ1n) is 1.82. The molecule has 4 heteroatoms. The largest absolute Gasteiger partial charge is 0.463 e. The van der Waals surface area contributed by atoms with E-state index in [1.807, 2.05) is 0 Å². The van der Waals surface area contributed by atoms with Crippen LogP contribution in [0.2, 0.25) is 0 Å². The van der Waals surface area contributed by atoms with Crippen LogP contribution in [0.4, 0.5) is 0 Å². The van der Waals surface area contributed by atoms with Crippen LogP contribution in [0, 0.1) is 0 Å². The third kappa shape index (κ3) is 1.88. The monoisotopic (exact) mass is 150 g/mol. The second kappa shape index (κ2) is 2.97. The Kier molecular flexibility index (Phi) is 2.92. The number of rotatable bonds is 0. The zero-order chi connectivity index (χ0) is 4.41. The fourth-order valence-corrected chi connectivity index (χ4v) is 0.352. The molecule has 7 heavy (non-hydrogen) atoms. The molecule has 1 aliphatic heterocycles. The van der Waals surface area contributed by atoms with E-state index in [2.05, 4.69) is 9.73 Å². The molecule has 0 aromatic heterocycles. The van der Waals surface area contributed by atoms with Gasteiger partial charge in [0.1, 0.15) is 6.61 Å². The van der Waals surface area contributed by atoms with E-state index in [9.17, 15) is 0 Å². The van der Waals surface area contributed by atoms with E-state index in [0.717, 1.165) is 6.54 Å². The average molecular weight is 151 g/mol. The summed E-state index contributed by atoms with van der Waals surface area (Å²) >= 11 is 0. The Balaban J connectivity index is 0.000000360. The zero-order valence-corrected chi connectivity index (χ0v) is 7.02. The molecular formula is C3H6N2OZn. The van der Waals surface area contributed by atoms with Gasteiger partial charge in [-0.05, 0) is 0 Å². The Bertz CT molecular complexity index is 83.0. The van der Waals surface area contributed by atoms with Crippen LogP contribution in [0.25, 0.3) is 0 Å². The van der Waals surface area contributed by atoms with Crippen LogP contribution in [0.3, 0.4) is 0 Å². The summed E-state index contributed by atoms with van der Waals surface area (Å²) in [5.74, 6) is 0. The van der Waals surface area contributed by atoms with E-state index in [-0.39, 0.29) is 19.5 Å². The van der Waals surface area contributed by atoms with Crippen molar-refractivity contribution >= 4 is 6.02 Å². The molecule has 0 saturated carbocycles. The molecule has 0 bridgehead atoms. The van der Waals surface area contributed by atoms with Gasteiger partial charge < -0.3 is 10.5 Å². The molecule has 3 nitrogen and oxygen atoms in total. The first-order chi connectivity index (χ1) is 2.89. The van der Waals surface area contributed by atoms with Crippen molar-refractivity contribution in [3.8, 4) is 0 Å². The smallest absolute Gasteiger partial charge is 0.282 e. The summed E-state index contributed by atoms with van der Waals surface area (Å²) in [4.78, 5) is 3.71. The SMILES string of the molecule is NC1=NCCO1.[Zn]. The normalized spacial score (nSPS) is 16.9. The van der Waals surface area contributed by atoms with Gasteiger partial charge in [-0.25, -0.2) is 4.99 Å². The van der Waals surface area contributed by atoms with E-state index < -0.39 is 0 Å². The number of nitrogens with zero attached hydrogens (tertiary/aromatic N) is 1. The van der Waals surface area contributed by atoms with Crippen molar-refractivity contribution in [1.82, 2.24) is 0 Å². The summed E-state index contributed by atoms with van der Waals surface area (Å²) in [7, 11) is 0. The predicted octanol–water partition coefficient (Wildman–Crippen LogP) is -0.671. The number of amidine groups is 1. The van der Waals surface area contributed by atoms with Crippen molar-refractivity contribution in [3.05, 3.63) is 0 Å². The van der Waals surface area contributed by atoms with Gasteiger partial charge in [-0.1, -0.05) is 0 Å². The van der Waals surface area contributed by atoms with Crippen LogP contribution in [0.1, 0.15) is 0 Å². The molecule has 0 aliphatic carbocycles. The molecule has 0 fully saturated rings. The van der Waals surface area contributed by atoms with Gasteiger partial charge in [-0.3, -0.25) is 0 Å². The second-order valence-electron chi connectivity index (χ2n) is 1.07. The first-order valence-corrected chi connectivity index (χ1v) is 1.82. The van der Waals surface area contributed by atoms with E-state index >= 15 is 0 Å². The number of ether oxygens (including phenoxy) is 1. The third-order valence-corrected chi connectivity index (χ3v) is 0.609. The van der Waals surface area contributed by atoms with Crippen LogP contribution in [-0.4, -0.2) is 19.2 Å². The molecule has 1 rings (SSSR count). The fourth-order valence-electron chi connectivity index (χ4n) is 0.352. The number of aliphatic imine (C=N–C) groups is 1. The van der Waals surface area contributed by atoms with Gasteiger partial charge >= 0.3 is 0 Å². The van der Waals surface area contributed by atoms with E-state index in [1.165, 1.54) is 0 Å². The van der Waals surface area contributed by atoms with Crippen molar-refractivity contribution in [2.45, 2.75) is 0 Å². The molecule has 0 spiro atoms. The van der Waals surface area contributed by atoms with Gasteiger partial charge in [0.25, 0.3) is 6.02 Å². The third-order valence-electron chi connectivity index (χ3n) is 0.609. The van der Waals surface area contributed by atoms with Gasteiger partial charge in [0.2, 0.25) is 0 Å². The van der Waals surface area contributed by atoms with Crippen LogP contribution in [0.5, 0.6) is 0 Å². The average Bonchev–Trinajstić information content (AvgIpc) is 1.86. The van der Waals surface area contributed by atoms with Crippen LogP contribution < -0.4 is 5.73 Å². The van der Waals surface area contributed by atoms with Crippen molar-refractivity contribution < 1.29 is 24.2 Å². The summed E-state index contributed by atoms with van der Waals surface area (Å²) in [6, 6.07) is 0.329. The quantitative estimate of drug-likeness (QED) is 0.467. The van der Waals surface area contributed by atoms with Crippen LogP contribution in [0.15, 0.2) is 4.99 Å². The molecule has 0 amide bonds.